The zero-order valence-corrected chi connectivity index (χ0v) is 32.0. The van der Waals surface area contributed by atoms with Gasteiger partial charge in [0.05, 0.1) is 0 Å². The van der Waals surface area contributed by atoms with Gasteiger partial charge in [-0.1, -0.05) is 124 Å². The number of rotatable bonds is 9. The van der Waals surface area contributed by atoms with Crippen LogP contribution in [0.4, 0.5) is 34.1 Å². The quantitative estimate of drug-likeness (QED) is 0.147. The van der Waals surface area contributed by atoms with E-state index in [9.17, 15) is 0 Å². The molecule has 0 bridgehead atoms. The zero-order valence-electron chi connectivity index (χ0n) is 31.2. The summed E-state index contributed by atoms with van der Waals surface area (Å²) >= 11 is 1.87. The van der Waals surface area contributed by atoms with E-state index >= 15 is 0 Å². The molecule has 54 heavy (non-hydrogen) atoms. The van der Waals surface area contributed by atoms with E-state index < -0.39 is 0 Å². The fraction of sp³-hybridized carbons (Fsp3) is 0.176. The molecule has 1 fully saturated rings. The molecular weight excluding hydrogens is 673 g/mol. The van der Waals surface area contributed by atoms with Gasteiger partial charge in [-0.15, -0.1) is 11.3 Å². The molecule has 0 N–H and O–H groups in total. The molecule has 1 aliphatic carbocycles. The summed E-state index contributed by atoms with van der Waals surface area (Å²) in [7, 11) is 0. The van der Waals surface area contributed by atoms with Crippen molar-refractivity contribution >= 4 is 65.6 Å². The molecule has 0 spiro atoms. The Labute approximate surface area is 324 Å². The van der Waals surface area contributed by atoms with Crippen LogP contribution >= 0.6 is 11.3 Å². The number of fused-ring (bicyclic) bond motifs is 3. The van der Waals surface area contributed by atoms with Crippen LogP contribution in [0.2, 0.25) is 0 Å². The molecule has 7 aromatic carbocycles. The number of para-hydroxylation sites is 2. The minimum absolute atomic E-state index is 0.192. The van der Waals surface area contributed by atoms with Crippen molar-refractivity contribution < 1.29 is 0 Å². The standard InChI is InChI=1S/C51H46N2S/c1-51(2,39-24-30-44(31-25-39)52(41-16-8-4-9-17-41)42-18-10-5-11-19-42)40-26-32-45(33-27-40)53(43-28-22-38(23-29-43)37-14-6-3-7-15-37)46-34-35-50-48(36-46)47-20-12-13-21-49(47)54-50/h4-5,8-13,16-37H,3,6-7,14-15H2,1-2H3. The Morgan fingerprint density at radius 1 is 0.426 bits per heavy atom. The Morgan fingerprint density at radius 3 is 1.44 bits per heavy atom. The van der Waals surface area contributed by atoms with Crippen molar-refractivity contribution in [1.82, 2.24) is 0 Å². The third kappa shape index (κ3) is 6.58. The highest BCUT2D eigenvalue weighted by atomic mass is 32.1. The maximum absolute atomic E-state index is 2.43. The van der Waals surface area contributed by atoms with Crippen molar-refractivity contribution in [1.29, 1.82) is 0 Å². The lowest BCUT2D eigenvalue weighted by Crippen LogP contribution is -2.19. The largest absolute Gasteiger partial charge is 0.311 e. The molecule has 0 amide bonds. The van der Waals surface area contributed by atoms with Crippen LogP contribution in [0, 0.1) is 0 Å². The smallest absolute Gasteiger partial charge is 0.0468 e. The second-order valence-corrected chi connectivity index (χ2v) is 16.3. The van der Waals surface area contributed by atoms with E-state index in [0.717, 1.165) is 22.7 Å². The summed E-state index contributed by atoms with van der Waals surface area (Å²) in [6, 6.07) is 64.8. The van der Waals surface area contributed by atoms with Gasteiger partial charge in [0, 0.05) is 59.7 Å². The Morgan fingerprint density at radius 2 is 0.870 bits per heavy atom. The number of benzene rings is 7. The topological polar surface area (TPSA) is 6.48 Å². The van der Waals surface area contributed by atoms with Crippen molar-refractivity contribution in [3.8, 4) is 0 Å². The lowest BCUT2D eigenvalue weighted by Gasteiger charge is -2.30. The van der Waals surface area contributed by atoms with Crippen molar-refractivity contribution in [2.75, 3.05) is 9.80 Å². The van der Waals surface area contributed by atoms with Crippen LogP contribution in [0.25, 0.3) is 20.2 Å². The summed E-state index contributed by atoms with van der Waals surface area (Å²) in [6.45, 7) is 4.67. The van der Waals surface area contributed by atoms with Crippen LogP contribution in [0.15, 0.2) is 176 Å². The highest BCUT2D eigenvalue weighted by Crippen LogP contribution is 2.43. The molecule has 1 aliphatic rings. The molecule has 0 saturated heterocycles. The molecule has 1 aromatic heterocycles. The molecule has 266 valence electrons. The summed E-state index contributed by atoms with van der Waals surface area (Å²) in [5, 5.41) is 2.64. The van der Waals surface area contributed by atoms with E-state index in [1.807, 2.05) is 11.3 Å². The summed E-state index contributed by atoms with van der Waals surface area (Å²) in [5.41, 5.74) is 10.8. The maximum Gasteiger partial charge on any atom is 0.0468 e. The monoisotopic (exact) mass is 718 g/mol. The first kappa shape index (κ1) is 34.1. The molecule has 0 aliphatic heterocycles. The summed E-state index contributed by atoms with van der Waals surface area (Å²) in [4.78, 5) is 4.75. The van der Waals surface area contributed by atoms with Gasteiger partial charge < -0.3 is 9.80 Å². The first-order valence-corrected chi connectivity index (χ1v) is 20.3. The van der Waals surface area contributed by atoms with Crippen molar-refractivity contribution in [3.63, 3.8) is 0 Å². The zero-order chi connectivity index (χ0) is 36.5. The normalized spacial score (nSPS) is 13.7. The first-order chi connectivity index (χ1) is 26.5. The van der Waals surface area contributed by atoms with Gasteiger partial charge in [0.1, 0.15) is 0 Å². The van der Waals surface area contributed by atoms with E-state index in [4.69, 9.17) is 0 Å². The molecule has 8 aromatic rings. The number of hydrogen-bond acceptors (Lipinski definition) is 3. The summed E-state index contributed by atoms with van der Waals surface area (Å²) < 4.78 is 2.66. The van der Waals surface area contributed by atoms with Gasteiger partial charge >= 0.3 is 0 Å². The third-order valence-electron chi connectivity index (χ3n) is 11.6. The van der Waals surface area contributed by atoms with Gasteiger partial charge in [0.25, 0.3) is 0 Å². The van der Waals surface area contributed by atoms with Crippen LogP contribution in [-0.2, 0) is 5.41 Å². The van der Waals surface area contributed by atoms with Crippen LogP contribution in [0.3, 0.4) is 0 Å². The van der Waals surface area contributed by atoms with E-state index in [-0.39, 0.29) is 5.41 Å². The van der Waals surface area contributed by atoms with E-state index in [1.165, 1.54) is 80.3 Å². The Hall–Kier alpha value is -5.64. The third-order valence-corrected chi connectivity index (χ3v) is 12.7. The molecule has 0 atom stereocenters. The van der Waals surface area contributed by atoms with Gasteiger partial charge in [0.2, 0.25) is 0 Å². The summed E-state index contributed by atoms with van der Waals surface area (Å²) in [5.74, 6) is 0.685. The molecule has 9 rings (SSSR count). The predicted molar refractivity (Wildman–Crippen MR) is 233 cm³/mol. The maximum atomic E-state index is 2.43. The molecule has 3 heteroatoms. The second-order valence-electron chi connectivity index (χ2n) is 15.3. The average Bonchev–Trinajstić information content (AvgIpc) is 3.61. The van der Waals surface area contributed by atoms with Crippen LogP contribution in [0.5, 0.6) is 0 Å². The van der Waals surface area contributed by atoms with Crippen LogP contribution < -0.4 is 9.80 Å². The number of thiophene rings is 1. The molecular formula is C51H46N2S. The lowest BCUT2D eigenvalue weighted by atomic mass is 9.78. The fourth-order valence-electron chi connectivity index (χ4n) is 8.45. The minimum Gasteiger partial charge on any atom is -0.311 e. The van der Waals surface area contributed by atoms with Gasteiger partial charge in [-0.3, -0.25) is 0 Å². The molecule has 0 unspecified atom stereocenters. The van der Waals surface area contributed by atoms with Gasteiger partial charge in [0.15, 0.2) is 0 Å². The highest BCUT2D eigenvalue weighted by molar-refractivity contribution is 7.25. The molecule has 0 radical (unpaired) electrons. The second kappa shape index (κ2) is 14.6. The number of hydrogen-bond donors (Lipinski definition) is 0. The molecule has 1 heterocycles. The van der Waals surface area contributed by atoms with E-state index in [0.29, 0.717) is 5.92 Å². The van der Waals surface area contributed by atoms with Crippen LogP contribution in [0.1, 0.15) is 68.6 Å². The minimum atomic E-state index is -0.192. The fourth-order valence-corrected chi connectivity index (χ4v) is 9.54. The number of nitrogens with zero attached hydrogens (tertiary/aromatic N) is 2. The van der Waals surface area contributed by atoms with Crippen molar-refractivity contribution in [2.24, 2.45) is 0 Å². The van der Waals surface area contributed by atoms with Crippen LogP contribution in [-0.4, -0.2) is 0 Å². The van der Waals surface area contributed by atoms with Gasteiger partial charge in [-0.05, 0) is 120 Å². The van der Waals surface area contributed by atoms with E-state index in [1.54, 1.807) is 0 Å². The highest BCUT2D eigenvalue weighted by Gasteiger charge is 2.25. The van der Waals surface area contributed by atoms with Crippen molar-refractivity contribution in [2.45, 2.75) is 57.3 Å². The van der Waals surface area contributed by atoms with Crippen molar-refractivity contribution in [3.05, 3.63) is 193 Å². The molecule has 1 saturated carbocycles. The molecule has 2 nitrogen and oxygen atoms in total. The Bertz CT molecular complexity index is 2440. The van der Waals surface area contributed by atoms with E-state index in [2.05, 4.69) is 200 Å². The predicted octanol–water partition coefficient (Wildman–Crippen LogP) is 15.4. The number of anilines is 6. The van der Waals surface area contributed by atoms with Gasteiger partial charge in [-0.2, -0.15) is 0 Å². The summed E-state index contributed by atoms with van der Waals surface area (Å²) in [6.07, 6.45) is 6.69. The van der Waals surface area contributed by atoms with Gasteiger partial charge in [-0.25, -0.2) is 0 Å². The average molecular weight is 719 g/mol. The Kier molecular flexibility index (Phi) is 9.26. The first-order valence-electron chi connectivity index (χ1n) is 19.5. The lowest BCUT2D eigenvalue weighted by molar-refractivity contribution is 0.443. The Balaban J connectivity index is 1.05. The SMILES string of the molecule is CC(C)(c1ccc(N(c2ccccc2)c2ccccc2)cc1)c1ccc(N(c2ccc(C3CCCCC3)cc2)c2ccc3sc4ccccc4c3c2)cc1.